The van der Waals surface area contributed by atoms with E-state index in [9.17, 15) is 14.7 Å². The predicted octanol–water partition coefficient (Wildman–Crippen LogP) is 4.40. The lowest BCUT2D eigenvalue weighted by atomic mass is 9.96. The summed E-state index contributed by atoms with van der Waals surface area (Å²) in [6.07, 6.45) is 1.46. The Balaban J connectivity index is 2.00. The molecule has 0 radical (unpaired) electrons. The minimum atomic E-state index is -1.11. The van der Waals surface area contributed by atoms with Gasteiger partial charge in [-0.25, -0.2) is 9.59 Å². The molecule has 156 valence electrons. The molecule has 6 nitrogen and oxygen atoms in total. The lowest BCUT2D eigenvalue weighted by Crippen LogP contribution is -2.42. The van der Waals surface area contributed by atoms with Gasteiger partial charge in [-0.3, -0.25) is 0 Å². The van der Waals surface area contributed by atoms with Gasteiger partial charge in [-0.15, -0.1) is 0 Å². The molecular weight excluding hydrogens is 370 g/mol. The number of hydrogen-bond donors (Lipinski definition) is 2. The third kappa shape index (κ3) is 7.14. The van der Waals surface area contributed by atoms with Crippen LogP contribution in [0.1, 0.15) is 42.0 Å². The number of benzene rings is 2. The average Bonchev–Trinajstić information content (AvgIpc) is 2.69. The van der Waals surface area contributed by atoms with Crippen molar-refractivity contribution in [2.75, 3.05) is 6.61 Å². The van der Waals surface area contributed by atoms with Crippen molar-refractivity contribution in [3.05, 3.63) is 64.7 Å². The topological polar surface area (TPSA) is 84.9 Å². The molecule has 0 aliphatic heterocycles. The number of amides is 1. The van der Waals surface area contributed by atoms with Crippen LogP contribution in [0.25, 0.3) is 0 Å². The number of aliphatic carboxylic acids is 1. The highest BCUT2D eigenvalue weighted by Gasteiger charge is 2.23. The van der Waals surface area contributed by atoms with Gasteiger partial charge in [0.05, 0.1) is 6.61 Å². The van der Waals surface area contributed by atoms with Gasteiger partial charge in [0.15, 0.2) is 0 Å². The molecular formula is C23H29NO5. The first-order chi connectivity index (χ1) is 13.9. The van der Waals surface area contributed by atoms with E-state index in [0.29, 0.717) is 6.61 Å². The van der Waals surface area contributed by atoms with Crippen molar-refractivity contribution in [3.8, 4) is 5.75 Å². The van der Waals surface area contributed by atoms with Crippen molar-refractivity contribution in [2.24, 2.45) is 0 Å². The third-order valence-electron chi connectivity index (χ3n) is 4.65. The second-order valence-corrected chi connectivity index (χ2v) is 7.04. The molecule has 6 heteroatoms. The molecule has 1 amide bonds. The summed E-state index contributed by atoms with van der Waals surface area (Å²) in [7, 11) is 0. The normalized spacial score (nSPS) is 11.6. The zero-order chi connectivity index (χ0) is 21.2. The van der Waals surface area contributed by atoms with E-state index in [1.165, 1.54) is 0 Å². The fraction of sp³-hybridized carbons (Fsp3) is 0.391. The lowest BCUT2D eigenvalue weighted by molar-refractivity contribution is -0.139. The van der Waals surface area contributed by atoms with Crippen molar-refractivity contribution < 1.29 is 24.2 Å². The van der Waals surface area contributed by atoms with Gasteiger partial charge in [-0.1, -0.05) is 43.7 Å². The van der Waals surface area contributed by atoms with Crippen LogP contribution < -0.4 is 10.1 Å². The summed E-state index contributed by atoms with van der Waals surface area (Å²) in [5, 5.41) is 12.0. The van der Waals surface area contributed by atoms with E-state index in [1.807, 2.05) is 56.3 Å². The molecule has 1 atom stereocenters. The Labute approximate surface area is 171 Å². The monoisotopic (exact) mass is 399 g/mol. The highest BCUT2D eigenvalue weighted by Crippen LogP contribution is 2.23. The van der Waals surface area contributed by atoms with Crippen LogP contribution in [0, 0.1) is 13.8 Å². The molecule has 2 aromatic carbocycles. The number of rotatable bonds is 10. The lowest BCUT2D eigenvalue weighted by Gasteiger charge is -2.18. The molecule has 0 saturated carbocycles. The minimum absolute atomic E-state index is 0.0842. The van der Waals surface area contributed by atoms with Crippen molar-refractivity contribution in [1.82, 2.24) is 5.32 Å². The summed E-state index contributed by atoms with van der Waals surface area (Å²) in [6.45, 7) is 6.68. The zero-order valence-electron chi connectivity index (χ0n) is 17.2. The first kappa shape index (κ1) is 22.3. The SMILES string of the molecule is CCCCOc1cc(C)c(C[C@H](NC(=O)OCc2ccccc2)C(=O)O)c(C)c1. The third-order valence-corrected chi connectivity index (χ3v) is 4.65. The quantitative estimate of drug-likeness (QED) is 0.578. The number of carboxylic acids is 1. The Morgan fingerprint density at radius 2 is 1.76 bits per heavy atom. The summed E-state index contributed by atoms with van der Waals surface area (Å²) in [5.74, 6) is -0.331. The number of aryl methyl sites for hydroxylation is 2. The zero-order valence-corrected chi connectivity index (χ0v) is 17.2. The fourth-order valence-electron chi connectivity index (χ4n) is 3.00. The second-order valence-electron chi connectivity index (χ2n) is 7.04. The van der Waals surface area contributed by atoms with Crippen LogP contribution >= 0.6 is 0 Å². The Bertz CT molecular complexity index is 796. The van der Waals surface area contributed by atoms with Crippen LogP contribution in [0.3, 0.4) is 0 Å². The standard InChI is InChI=1S/C23H29NO5/c1-4-5-11-28-19-12-16(2)20(17(3)13-19)14-21(22(25)26)24-23(27)29-15-18-9-7-6-8-10-18/h6-10,12-13,21H,4-5,11,14-15H2,1-3H3,(H,24,27)(H,25,26)/t21-/m0/s1. The summed E-state index contributed by atoms with van der Waals surface area (Å²) in [4.78, 5) is 23.8. The highest BCUT2D eigenvalue weighted by molar-refractivity contribution is 5.80. The first-order valence-electron chi connectivity index (χ1n) is 9.83. The Hall–Kier alpha value is -3.02. The molecule has 0 spiro atoms. The Morgan fingerprint density at radius 1 is 1.10 bits per heavy atom. The molecule has 2 N–H and O–H groups in total. The van der Waals surface area contributed by atoms with Crippen LogP contribution in [-0.4, -0.2) is 29.8 Å². The number of unbranched alkanes of at least 4 members (excludes halogenated alkanes) is 1. The first-order valence-corrected chi connectivity index (χ1v) is 9.83. The van der Waals surface area contributed by atoms with E-state index in [4.69, 9.17) is 9.47 Å². The van der Waals surface area contributed by atoms with Crippen LogP contribution in [0.5, 0.6) is 5.75 Å². The summed E-state index contributed by atoms with van der Waals surface area (Å²) >= 11 is 0. The van der Waals surface area contributed by atoms with Gasteiger partial charge in [0.2, 0.25) is 0 Å². The van der Waals surface area contributed by atoms with Gasteiger partial charge >= 0.3 is 12.1 Å². The van der Waals surface area contributed by atoms with Gasteiger partial charge in [-0.2, -0.15) is 0 Å². The molecule has 0 aromatic heterocycles. The molecule has 2 aromatic rings. The van der Waals surface area contributed by atoms with E-state index < -0.39 is 18.1 Å². The van der Waals surface area contributed by atoms with Crippen molar-refractivity contribution in [1.29, 1.82) is 0 Å². The number of alkyl carbamates (subject to hydrolysis) is 1. The molecule has 29 heavy (non-hydrogen) atoms. The smallest absolute Gasteiger partial charge is 0.408 e. The van der Waals surface area contributed by atoms with Gasteiger partial charge in [0.25, 0.3) is 0 Å². The van der Waals surface area contributed by atoms with Crippen LogP contribution in [0.4, 0.5) is 4.79 Å². The predicted molar refractivity (Wildman–Crippen MR) is 111 cm³/mol. The van der Waals surface area contributed by atoms with Gasteiger partial charge in [0, 0.05) is 6.42 Å². The molecule has 0 unspecified atom stereocenters. The largest absolute Gasteiger partial charge is 0.494 e. The highest BCUT2D eigenvalue weighted by atomic mass is 16.5. The molecule has 0 aliphatic rings. The van der Waals surface area contributed by atoms with Gasteiger partial charge in [0.1, 0.15) is 18.4 Å². The number of nitrogens with one attached hydrogen (secondary N) is 1. The van der Waals surface area contributed by atoms with E-state index in [1.54, 1.807) is 0 Å². The van der Waals surface area contributed by atoms with E-state index in [2.05, 4.69) is 12.2 Å². The maximum absolute atomic E-state index is 12.1. The molecule has 0 bridgehead atoms. The van der Waals surface area contributed by atoms with Crippen molar-refractivity contribution >= 4 is 12.1 Å². The molecule has 0 aliphatic carbocycles. The van der Waals surface area contributed by atoms with Crippen molar-refractivity contribution in [3.63, 3.8) is 0 Å². The van der Waals surface area contributed by atoms with Crippen LogP contribution in [0.2, 0.25) is 0 Å². The summed E-state index contributed by atoms with van der Waals surface area (Å²) in [6, 6.07) is 12.0. The van der Waals surface area contributed by atoms with Gasteiger partial charge in [-0.05, 0) is 54.7 Å². The van der Waals surface area contributed by atoms with E-state index in [-0.39, 0.29) is 13.0 Å². The number of carbonyl (C=O) groups excluding carboxylic acids is 1. The number of carbonyl (C=O) groups is 2. The maximum Gasteiger partial charge on any atom is 0.408 e. The Morgan fingerprint density at radius 3 is 2.34 bits per heavy atom. The Kier molecular flexibility index (Phi) is 8.52. The molecule has 0 heterocycles. The van der Waals surface area contributed by atoms with E-state index in [0.717, 1.165) is 40.8 Å². The van der Waals surface area contributed by atoms with Crippen LogP contribution in [-0.2, 0) is 22.6 Å². The van der Waals surface area contributed by atoms with Crippen molar-refractivity contribution in [2.45, 2.75) is 52.7 Å². The number of ether oxygens (including phenoxy) is 2. The number of carboxylic acid groups (broad SMARTS) is 1. The molecule has 0 saturated heterocycles. The van der Waals surface area contributed by atoms with Crippen LogP contribution in [0.15, 0.2) is 42.5 Å². The number of hydrogen-bond acceptors (Lipinski definition) is 4. The molecule has 0 fully saturated rings. The summed E-state index contributed by atoms with van der Waals surface area (Å²) < 4.78 is 10.9. The minimum Gasteiger partial charge on any atom is -0.494 e. The fourth-order valence-corrected chi connectivity index (χ4v) is 3.00. The molecule has 2 rings (SSSR count). The maximum atomic E-state index is 12.1. The van der Waals surface area contributed by atoms with Gasteiger partial charge < -0.3 is 19.9 Å². The average molecular weight is 399 g/mol. The van der Waals surface area contributed by atoms with E-state index >= 15 is 0 Å². The summed E-state index contributed by atoms with van der Waals surface area (Å²) in [5.41, 5.74) is 3.58. The second kappa shape index (κ2) is 11.1.